The number of carbonyl (C=O) groups is 1. The van der Waals surface area contributed by atoms with Gasteiger partial charge in [0.05, 0.1) is 19.4 Å². The van der Waals surface area contributed by atoms with Gasteiger partial charge in [-0.2, -0.15) is 0 Å². The van der Waals surface area contributed by atoms with E-state index in [1.165, 1.54) is 0 Å². The number of pyridine rings is 1. The van der Waals surface area contributed by atoms with Crippen LogP contribution >= 0.6 is 0 Å². The van der Waals surface area contributed by atoms with E-state index in [4.69, 9.17) is 9.47 Å². The Bertz CT molecular complexity index is 436. The molecule has 19 heavy (non-hydrogen) atoms. The van der Waals surface area contributed by atoms with E-state index in [0.717, 1.165) is 13.1 Å². The van der Waals surface area contributed by atoms with Crippen molar-refractivity contribution < 1.29 is 14.3 Å². The first-order valence-corrected chi connectivity index (χ1v) is 6.70. The third-order valence-electron chi connectivity index (χ3n) is 3.20. The van der Waals surface area contributed by atoms with Crippen molar-refractivity contribution in [1.82, 2.24) is 9.88 Å². The van der Waals surface area contributed by atoms with E-state index in [1.54, 1.807) is 18.5 Å². The Morgan fingerprint density at radius 1 is 1.53 bits per heavy atom. The predicted molar refractivity (Wildman–Crippen MR) is 71.6 cm³/mol. The predicted octanol–water partition coefficient (Wildman–Crippen LogP) is 1.38. The smallest absolute Gasteiger partial charge is 0.194 e. The number of morpholine rings is 1. The van der Waals surface area contributed by atoms with Crippen molar-refractivity contribution in [2.24, 2.45) is 0 Å². The fourth-order valence-corrected chi connectivity index (χ4v) is 2.13. The maximum Gasteiger partial charge on any atom is 0.194 e. The summed E-state index contributed by atoms with van der Waals surface area (Å²) in [4.78, 5) is 18.6. The Balaban J connectivity index is 2.08. The summed E-state index contributed by atoms with van der Waals surface area (Å²) >= 11 is 0. The van der Waals surface area contributed by atoms with Crippen LogP contribution in [0.15, 0.2) is 18.5 Å². The third kappa shape index (κ3) is 3.52. The molecule has 0 N–H and O–H groups in total. The van der Waals surface area contributed by atoms with Crippen LogP contribution in [0.25, 0.3) is 0 Å². The van der Waals surface area contributed by atoms with E-state index in [0.29, 0.717) is 31.1 Å². The van der Waals surface area contributed by atoms with Crippen LogP contribution in [0.1, 0.15) is 24.2 Å². The average molecular weight is 264 g/mol. The number of aromatic nitrogens is 1. The van der Waals surface area contributed by atoms with Gasteiger partial charge in [0.25, 0.3) is 0 Å². The minimum Gasteiger partial charge on any atom is -0.492 e. The van der Waals surface area contributed by atoms with Crippen LogP contribution in [0.4, 0.5) is 0 Å². The third-order valence-corrected chi connectivity index (χ3v) is 3.20. The maximum absolute atomic E-state index is 12.4. The van der Waals surface area contributed by atoms with Gasteiger partial charge in [-0.3, -0.25) is 14.7 Å². The number of carbonyl (C=O) groups excluding carboxylic acids is 1. The molecule has 1 fully saturated rings. The summed E-state index contributed by atoms with van der Waals surface area (Å²) in [5.41, 5.74) is 0.550. The van der Waals surface area contributed by atoms with Crippen molar-refractivity contribution >= 4 is 5.78 Å². The van der Waals surface area contributed by atoms with Crippen LogP contribution in [0.2, 0.25) is 0 Å². The minimum atomic E-state index is -0.396. The Labute approximate surface area is 113 Å². The average Bonchev–Trinajstić information content (AvgIpc) is 2.47. The quantitative estimate of drug-likeness (QED) is 0.752. The van der Waals surface area contributed by atoms with E-state index in [2.05, 4.69) is 16.8 Å². The largest absolute Gasteiger partial charge is 0.492 e. The van der Waals surface area contributed by atoms with E-state index < -0.39 is 6.10 Å². The molecule has 2 rings (SSSR count). The normalized spacial score (nSPS) is 20.2. The molecule has 0 spiro atoms. The highest BCUT2D eigenvalue weighted by molar-refractivity contribution is 5.99. The molecule has 1 aliphatic rings. The molecule has 5 nitrogen and oxygen atoms in total. The van der Waals surface area contributed by atoms with Gasteiger partial charge in [-0.15, -0.1) is 0 Å². The van der Waals surface area contributed by atoms with Crippen molar-refractivity contribution in [3.05, 3.63) is 24.0 Å². The zero-order chi connectivity index (χ0) is 13.7. The van der Waals surface area contributed by atoms with Gasteiger partial charge >= 0.3 is 0 Å². The summed E-state index contributed by atoms with van der Waals surface area (Å²) in [6.45, 7) is 7.61. The lowest BCUT2D eigenvalue weighted by Gasteiger charge is -2.31. The fourth-order valence-electron chi connectivity index (χ4n) is 2.13. The van der Waals surface area contributed by atoms with Gasteiger partial charge in [0.1, 0.15) is 11.9 Å². The number of nitrogens with zero attached hydrogens (tertiary/aromatic N) is 2. The SMILES string of the molecule is CCOc1cncc(C(=O)C2CN(CC)CCO2)c1. The molecule has 0 saturated carbocycles. The topological polar surface area (TPSA) is 51.7 Å². The van der Waals surface area contributed by atoms with Gasteiger partial charge in [-0.05, 0) is 19.5 Å². The van der Waals surface area contributed by atoms with Gasteiger partial charge in [-0.25, -0.2) is 0 Å². The number of ether oxygens (including phenoxy) is 2. The summed E-state index contributed by atoms with van der Waals surface area (Å²) in [5.74, 6) is 0.601. The van der Waals surface area contributed by atoms with Crippen molar-refractivity contribution in [2.45, 2.75) is 20.0 Å². The fraction of sp³-hybridized carbons (Fsp3) is 0.571. The van der Waals surface area contributed by atoms with Crippen molar-refractivity contribution in [2.75, 3.05) is 32.8 Å². The number of ketones is 1. The number of rotatable bonds is 5. The molecule has 1 unspecified atom stereocenters. The van der Waals surface area contributed by atoms with Gasteiger partial charge in [-0.1, -0.05) is 6.92 Å². The van der Waals surface area contributed by atoms with Gasteiger partial charge in [0.15, 0.2) is 5.78 Å². The van der Waals surface area contributed by atoms with Crippen LogP contribution in [0, 0.1) is 0 Å². The molecule has 0 bridgehead atoms. The number of likely N-dealkylation sites (N-methyl/N-ethyl adjacent to an activating group) is 1. The van der Waals surface area contributed by atoms with Crippen LogP contribution < -0.4 is 4.74 Å². The number of hydrogen-bond donors (Lipinski definition) is 0. The van der Waals surface area contributed by atoms with Crippen molar-refractivity contribution in [3.8, 4) is 5.75 Å². The first-order valence-electron chi connectivity index (χ1n) is 6.70. The summed E-state index contributed by atoms with van der Waals surface area (Å²) in [6.07, 6.45) is 2.78. The lowest BCUT2D eigenvalue weighted by molar-refractivity contribution is -0.0148. The Morgan fingerprint density at radius 2 is 2.37 bits per heavy atom. The first kappa shape index (κ1) is 14.0. The lowest BCUT2D eigenvalue weighted by Crippen LogP contribution is -2.45. The summed E-state index contributed by atoms with van der Waals surface area (Å²) in [5, 5.41) is 0. The first-order chi connectivity index (χ1) is 9.24. The van der Waals surface area contributed by atoms with Gasteiger partial charge in [0, 0.05) is 24.8 Å². The molecule has 1 aliphatic heterocycles. The molecule has 0 aliphatic carbocycles. The van der Waals surface area contributed by atoms with Crippen molar-refractivity contribution in [3.63, 3.8) is 0 Å². The molecule has 1 saturated heterocycles. The van der Waals surface area contributed by atoms with Crippen LogP contribution in [0.3, 0.4) is 0 Å². The lowest BCUT2D eigenvalue weighted by atomic mass is 10.1. The van der Waals surface area contributed by atoms with Crippen LogP contribution in [-0.4, -0.2) is 54.6 Å². The number of Topliss-reactive ketones (excluding diaryl/α,β-unsaturated/α-hetero) is 1. The second-order valence-electron chi connectivity index (χ2n) is 4.46. The Hall–Kier alpha value is -1.46. The number of hydrogen-bond acceptors (Lipinski definition) is 5. The van der Waals surface area contributed by atoms with E-state index >= 15 is 0 Å². The van der Waals surface area contributed by atoms with E-state index in [9.17, 15) is 4.79 Å². The summed E-state index contributed by atoms with van der Waals surface area (Å²) < 4.78 is 10.9. The highest BCUT2D eigenvalue weighted by atomic mass is 16.5. The monoisotopic (exact) mass is 264 g/mol. The summed E-state index contributed by atoms with van der Waals surface area (Å²) in [7, 11) is 0. The Morgan fingerprint density at radius 3 is 3.11 bits per heavy atom. The van der Waals surface area contributed by atoms with Crippen LogP contribution in [0.5, 0.6) is 5.75 Å². The molecule has 0 radical (unpaired) electrons. The molecule has 5 heteroatoms. The van der Waals surface area contributed by atoms with Crippen LogP contribution in [-0.2, 0) is 4.74 Å². The van der Waals surface area contributed by atoms with Gasteiger partial charge in [0.2, 0.25) is 0 Å². The standard InChI is InChI=1S/C14H20N2O3/c1-3-16-5-6-19-13(10-16)14(17)11-7-12(18-4-2)9-15-8-11/h7-9,13H,3-6,10H2,1-2H3. The maximum atomic E-state index is 12.4. The molecule has 2 heterocycles. The highest BCUT2D eigenvalue weighted by Crippen LogP contribution is 2.16. The summed E-state index contributed by atoms with van der Waals surface area (Å²) in [6, 6.07) is 1.73. The zero-order valence-electron chi connectivity index (χ0n) is 11.5. The zero-order valence-corrected chi connectivity index (χ0v) is 11.5. The molecule has 1 atom stereocenters. The molecular formula is C14H20N2O3. The molecule has 1 aromatic heterocycles. The van der Waals surface area contributed by atoms with E-state index in [1.807, 2.05) is 6.92 Å². The second kappa shape index (κ2) is 6.63. The molecular weight excluding hydrogens is 244 g/mol. The molecule has 0 aromatic carbocycles. The van der Waals surface area contributed by atoms with Crippen molar-refractivity contribution in [1.29, 1.82) is 0 Å². The highest BCUT2D eigenvalue weighted by Gasteiger charge is 2.27. The van der Waals surface area contributed by atoms with Gasteiger partial charge < -0.3 is 9.47 Å². The molecule has 104 valence electrons. The molecule has 1 aromatic rings. The van der Waals surface area contributed by atoms with E-state index in [-0.39, 0.29) is 5.78 Å². The minimum absolute atomic E-state index is 0.0211. The second-order valence-corrected chi connectivity index (χ2v) is 4.46. The Kier molecular flexibility index (Phi) is 4.87. The molecule has 0 amide bonds.